The van der Waals surface area contributed by atoms with Crippen LogP contribution in [0.4, 0.5) is 4.79 Å². The summed E-state index contributed by atoms with van der Waals surface area (Å²) in [5.74, 6) is 0.977. The van der Waals surface area contributed by atoms with Crippen molar-refractivity contribution in [3.63, 3.8) is 0 Å². The highest BCUT2D eigenvalue weighted by molar-refractivity contribution is 6.04. The first kappa shape index (κ1) is 18.0. The van der Waals surface area contributed by atoms with Crippen LogP contribution in [0.15, 0.2) is 12.1 Å². The molecule has 3 N–H and O–H groups in total. The number of carbonyl (C=O) groups is 3. The van der Waals surface area contributed by atoms with Crippen LogP contribution in [0.2, 0.25) is 0 Å². The minimum absolute atomic E-state index is 0.136. The summed E-state index contributed by atoms with van der Waals surface area (Å²) >= 11 is 0. The molecule has 0 bridgehead atoms. The largest absolute Gasteiger partial charge is 0.494 e. The SMILES string of the molecule is CCOc1cc2c(cc1CNC(=O)CC[C@H]1NC(=O)NC1=O)O[C@@H](C)C2. The van der Waals surface area contributed by atoms with Gasteiger partial charge in [-0.2, -0.15) is 0 Å². The third-order valence-electron chi connectivity index (χ3n) is 4.37. The first-order chi connectivity index (χ1) is 12.5. The Morgan fingerprint density at radius 3 is 2.88 bits per heavy atom. The second kappa shape index (κ2) is 7.63. The van der Waals surface area contributed by atoms with Gasteiger partial charge in [-0.15, -0.1) is 0 Å². The third-order valence-corrected chi connectivity index (χ3v) is 4.37. The summed E-state index contributed by atoms with van der Waals surface area (Å²) in [6.45, 7) is 4.77. The molecule has 0 aliphatic carbocycles. The van der Waals surface area contributed by atoms with E-state index >= 15 is 0 Å². The lowest BCUT2D eigenvalue weighted by atomic mass is 10.1. The number of ether oxygens (including phenoxy) is 2. The highest BCUT2D eigenvalue weighted by Gasteiger charge is 2.29. The maximum Gasteiger partial charge on any atom is 0.322 e. The van der Waals surface area contributed by atoms with Crippen molar-refractivity contribution in [1.82, 2.24) is 16.0 Å². The Morgan fingerprint density at radius 2 is 2.19 bits per heavy atom. The van der Waals surface area contributed by atoms with E-state index in [-0.39, 0.29) is 24.9 Å². The highest BCUT2D eigenvalue weighted by Crippen LogP contribution is 2.35. The summed E-state index contributed by atoms with van der Waals surface area (Å²) in [6.07, 6.45) is 1.38. The number of carbonyl (C=O) groups excluding carboxylic acids is 3. The van der Waals surface area contributed by atoms with Gasteiger partial charge in [-0.1, -0.05) is 0 Å². The van der Waals surface area contributed by atoms with Gasteiger partial charge in [-0.3, -0.25) is 14.9 Å². The molecule has 2 atom stereocenters. The van der Waals surface area contributed by atoms with Gasteiger partial charge in [0.05, 0.1) is 6.61 Å². The maximum absolute atomic E-state index is 12.1. The van der Waals surface area contributed by atoms with Gasteiger partial charge in [0.2, 0.25) is 5.91 Å². The van der Waals surface area contributed by atoms with Crippen molar-refractivity contribution in [2.45, 2.75) is 51.8 Å². The van der Waals surface area contributed by atoms with Gasteiger partial charge in [0.15, 0.2) is 0 Å². The van der Waals surface area contributed by atoms with Crippen LogP contribution in [0.1, 0.15) is 37.8 Å². The van der Waals surface area contributed by atoms with Crippen LogP contribution in [0.5, 0.6) is 11.5 Å². The number of urea groups is 1. The molecule has 0 saturated carbocycles. The molecule has 0 aromatic heterocycles. The summed E-state index contributed by atoms with van der Waals surface area (Å²) in [7, 11) is 0. The molecule has 1 saturated heterocycles. The smallest absolute Gasteiger partial charge is 0.322 e. The molecule has 0 spiro atoms. The van der Waals surface area contributed by atoms with Crippen LogP contribution in [-0.4, -0.2) is 36.6 Å². The standard InChI is InChI=1S/C18H23N3O5/c1-3-25-14-7-11-6-10(2)26-15(11)8-12(14)9-19-16(22)5-4-13-17(23)21-18(24)20-13/h7-8,10,13H,3-6,9H2,1-2H3,(H,19,22)(H2,20,21,23,24)/t10-,13+/m0/s1. The molecular weight excluding hydrogens is 338 g/mol. The zero-order valence-corrected chi connectivity index (χ0v) is 14.9. The van der Waals surface area contributed by atoms with E-state index in [0.29, 0.717) is 13.2 Å². The first-order valence-corrected chi connectivity index (χ1v) is 8.79. The third kappa shape index (κ3) is 4.07. The van der Waals surface area contributed by atoms with E-state index in [2.05, 4.69) is 16.0 Å². The minimum atomic E-state index is -0.651. The van der Waals surface area contributed by atoms with Crippen molar-refractivity contribution in [1.29, 1.82) is 0 Å². The Labute approximate surface area is 151 Å². The van der Waals surface area contributed by atoms with Crippen molar-refractivity contribution in [2.24, 2.45) is 0 Å². The van der Waals surface area contributed by atoms with E-state index in [1.54, 1.807) is 0 Å². The zero-order chi connectivity index (χ0) is 18.7. The Bertz CT molecular complexity index is 734. The molecule has 2 heterocycles. The lowest BCUT2D eigenvalue weighted by Crippen LogP contribution is -2.31. The van der Waals surface area contributed by atoms with Crippen LogP contribution in [0, 0.1) is 0 Å². The summed E-state index contributed by atoms with van der Waals surface area (Å²) in [5, 5.41) is 7.45. The van der Waals surface area contributed by atoms with Gasteiger partial charge in [0.25, 0.3) is 5.91 Å². The number of nitrogens with one attached hydrogen (secondary N) is 3. The molecule has 0 unspecified atom stereocenters. The molecule has 1 aromatic carbocycles. The van der Waals surface area contributed by atoms with Gasteiger partial charge in [-0.25, -0.2) is 4.79 Å². The van der Waals surface area contributed by atoms with Gasteiger partial charge in [0, 0.05) is 30.5 Å². The summed E-state index contributed by atoms with van der Waals surface area (Å²) in [4.78, 5) is 34.6. The second-order valence-corrected chi connectivity index (χ2v) is 6.46. The monoisotopic (exact) mass is 361 g/mol. The van der Waals surface area contributed by atoms with E-state index in [0.717, 1.165) is 29.0 Å². The normalized spacial score (nSPS) is 20.8. The van der Waals surface area contributed by atoms with Gasteiger partial charge in [-0.05, 0) is 32.4 Å². The van der Waals surface area contributed by atoms with Crippen LogP contribution >= 0.6 is 0 Å². The fraction of sp³-hybridized carbons (Fsp3) is 0.500. The molecule has 140 valence electrons. The Kier molecular flexibility index (Phi) is 5.29. The van der Waals surface area contributed by atoms with Crippen molar-refractivity contribution >= 4 is 17.8 Å². The quantitative estimate of drug-likeness (QED) is 0.629. The fourth-order valence-corrected chi connectivity index (χ4v) is 3.13. The zero-order valence-electron chi connectivity index (χ0n) is 14.9. The van der Waals surface area contributed by atoms with Crippen molar-refractivity contribution in [3.8, 4) is 11.5 Å². The molecule has 2 aliphatic rings. The average molecular weight is 361 g/mol. The molecule has 3 rings (SSSR count). The fourth-order valence-electron chi connectivity index (χ4n) is 3.13. The topological polar surface area (TPSA) is 106 Å². The van der Waals surface area contributed by atoms with E-state index < -0.39 is 18.0 Å². The first-order valence-electron chi connectivity index (χ1n) is 8.79. The number of fused-ring (bicyclic) bond motifs is 1. The van der Waals surface area contributed by atoms with E-state index in [1.165, 1.54) is 0 Å². The maximum atomic E-state index is 12.1. The lowest BCUT2D eigenvalue weighted by Gasteiger charge is -2.14. The number of benzene rings is 1. The highest BCUT2D eigenvalue weighted by atomic mass is 16.5. The predicted molar refractivity (Wildman–Crippen MR) is 92.9 cm³/mol. The molecule has 2 aliphatic heterocycles. The molecule has 8 heteroatoms. The van der Waals surface area contributed by atoms with Crippen molar-refractivity contribution < 1.29 is 23.9 Å². The lowest BCUT2D eigenvalue weighted by molar-refractivity contribution is -0.122. The molecular formula is C18H23N3O5. The minimum Gasteiger partial charge on any atom is -0.494 e. The van der Waals surface area contributed by atoms with E-state index in [1.807, 2.05) is 26.0 Å². The predicted octanol–water partition coefficient (Wildman–Crippen LogP) is 1.01. The average Bonchev–Trinajstić information content (AvgIpc) is 3.10. The summed E-state index contributed by atoms with van der Waals surface area (Å²) in [5.41, 5.74) is 1.96. The molecule has 4 amide bonds. The van der Waals surface area contributed by atoms with Crippen LogP contribution in [0.25, 0.3) is 0 Å². The molecule has 1 aromatic rings. The van der Waals surface area contributed by atoms with E-state index in [9.17, 15) is 14.4 Å². The van der Waals surface area contributed by atoms with Crippen LogP contribution in [0.3, 0.4) is 0 Å². The number of hydrogen-bond donors (Lipinski definition) is 3. The summed E-state index contributed by atoms with van der Waals surface area (Å²) < 4.78 is 11.5. The second-order valence-electron chi connectivity index (χ2n) is 6.46. The molecule has 0 radical (unpaired) electrons. The Morgan fingerprint density at radius 1 is 1.38 bits per heavy atom. The molecule has 26 heavy (non-hydrogen) atoms. The van der Waals surface area contributed by atoms with Gasteiger partial charge < -0.3 is 20.1 Å². The van der Waals surface area contributed by atoms with Crippen LogP contribution < -0.4 is 25.4 Å². The molecule has 1 fully saturated rings. The Balaban J connectivity index is 1.57. The number of rotatable bonds is 7. The van der Waals surface area contributed by atoms with Gasteiger partial charge in [0.1, 0.15) is 23.6 Å². The summed E-state index contributed by atoms with van der Waals surface area (Å²) in [6, 6.07) is 2.72. The number of amides is 4. The number of hydrogen-bond acceptors (Lipinski definition) is 5. The van der Waals surface area contributed by atoms with Crippen molar-refractivity contribution in [2.75, 3.05) is 6.61 Å². The molecule has 8 nitrogen and oxygen atoms in total. The van der Waals surface area contributed by atoms with Gasteiger partial charge >= 0.3 is 6.03 Å². The van der Waals surface area contributed by atoms with Crippen molar-refractivity contribution in [3.05, 3.63) is 23.3 Å². The van der Waals surface area contributed by atoms with E-state index in [4.69, 9.17) is 9.47 Å². The Hall–Kier alpha value is -2.77. The van der Waals surface area contributed by atoms with Crippen LogP contribution in [-0.2, 0) is 22.6 Å². The number of imide groups is 1.